The van der Waals surface area contributed by atoms with Crippen LogP contribution in [-0.4, -0.2) is 56.5 Å². The van der Waals surface area contributed by atoms with Crippen LogP contribution < -0.4 is 16.0 Å². The molecular weight excluding hydrogens is 254 g/mol. The molecule has 7 heteroatoms. The highest BCUT2D eigenvalue weighted by molar-refractivity contribution is 7.91. The van der Waals surface area contributed by atoms with Crippen molar-refractivity contribution < 1.29 is 13.2 Å². The lowest BCUT2D eigenvalue weighted by molar-refractivity contribution is -0.125. The van der Waals surface area contributed by atoms with Gasteiger partial charge in [0.1, 0.15) is 0 Å². The zero-order valence-corrected chi connectivity index (χ0v) is 11.6. The summed E-state index contributed by atoms with van der Waals surface area (Å²) in [6.07, 6.45) is 0.498. The fraction of sp³-hybridized carbons (Fsp3) is 0.909. The van der Waals surface area contributed by atoms with Crippen molar-refractivity contribution in [1.29, 1.82) is 0 Å². The van der Waals surface area contributed by atoms with Crippen molar-refractivity contribution in [2.75, 3.05) is 24.6 Å². The second-order valence-electron chi connectivity index (χ2n) is 5.66. The Hall–Kier alpha value is -0.660. The molecule has 3 N–H and O–H groups in total. The lowest BCUT2D eigenvalue weighted by atomic mass is 10.0. The highest BCUT2D eigenvalue weighted by Crippen LogP contribution is 2.22. The van der Waals surface area contributed by atoms with Gasteiger partial charge in [0.2, 0.25) is 5.91 Å². The first-order valence-electron chi connectivity index (χ1n) is 6.29. The van der Waals surface area contributed by atoms with E-state index in [2.05, 4.69) is 16.0 Å². The van der Waals surface area contributed by atoms with Gasteiger partial charge >= 0.3 is 0 Å². The minimum absolute atomic E-state index is 0.0439. The van der Waals surface area contributed by atoms with E-state index in [4.69, 9.17) is 0 Å². The van der Waals surface area contributed by atoms with Crippen LogP contribution in [0.4, 0.5) is 0 Å². The molecule has 2 heterocycles. The molecule has 0 aliphatic carbocycles. The van der Waals surface area contributed by atoms with Gasteiger partial charge in [0, 0.05) is 19.1 Å². The smallest absolute Gasteiger partial charge is 0.238 e. The van der Waals surface area contributed by atoms with E-state index in [1.165, 1.54) is 0 Å². The van der Waals surface area contributed by atoms with Crippen LogP contribution in [0.2, 0.25) is 0 Å². The van der Waals surface area contributed by atoms with Crippen LogP contribution >= 0.6 is 0 Å². The second kappa shape index (κ2) is 4.79. The molecule has 2 saturated heterocycles. The molecule has 0 aromatic rings. The number of hydrogen-bond acceptors (Lipinski definition) is 5. The van der Waals surface area contributed by atoms with E-state index in [0.29, 0.717) is 19.0 Å². The zero-order valence-electron chi connectivity index (χ0n) is 10.8. The first kappa shape index (κ1) is 13.8. The van der Waals surface area contributed by atoms with Gasteiger partial charge in [0.15, 0.2) is 9.84 Å². The van der Waals surface area contributed by atoms with Gasteiger partial charge in [-0.3, -0.25) is 4.79 Å². The standard InChI is InChI=1S/C11H21N3O3S/c1-8-5-13-9(6-12-8)10(15)14-11(2)3-4-18(16,17)7-11/h8-9,12-13H,3-7H2,1-2H3,(H,14,15). The maximum absolute atomic E-state index is 12.1. The van der Waals surface area contributed by atoms with Crippen molar-refractivity contribution in [3.63, 3.8) is 0 Å². The quantitative estimate of drug-likeness (QED) is 0.579. The summed E-state index contributed by atoms with van der Waals surface area (Å²) < 4.78 is 22.9. The Kier molecular flexibility index (Phi) is 3.66. The molecule has 1 amide bonds. The van der Waals surface area contributed by atoms with Crippen LogP contribution in [0, 0.1) is 0 Å². The van der Waals surface area contributed by atoms with Crippen LogP contribution in [0.25, 0.3) is 0 Å². The third-order valence-electron chi connectivity index (χ3n) is 3.59. The molecule has 0 radical (unpaired) electrons. The van der Waals surface area contributed by atoms with Crippen LogP contribution in [0.5, 0.6) is 0 Å². The summed E-state index contributed by atoms with van der Waals surface area (Å²) in [7, 11) is -2.99. The number of sulfone groups is 1. The predicted octanol–water partition coefficient (Wildman–Crippen LogP) is -1.37. The molecular formula is C11H21N3O3S. The van der Waals surface area contributed by atoms with Crippen molar-refractivity contribution in [3.8, 4) is 0 Å². The minimum Gasteiger partial charge on any atom is -0.348 e. The van der Waals surface area contributed by atoms with Gasteiger partial charge in [0.05, 0.1) is 23.1 Å². The Bertz CT molecular complexity index is 429. The average Bonchev–Trinajstić information content (AvgIpc) is 2.53. The van der Waals surface area contributed by atoms with Crippen molar-refractivity contribution in [2.45, 2.75) is 37.9 Å². The molecule has 18 heavy (non-hydrogen) atoms. The SMILES string of the molecule is CC1CNC(C(=O)NC2(C)CCS(=O)(=O)C2)CN1. The Morgan fingerprint density at radius 2 is 2.06 bits per heavy atom. The summed E-state index contributed by atoms with van der Waals surface area (Å²) in [6, 6.07) is 0.0813. The van der Waals surface area contributed by atoms with Gasteiger partial charge in [-0.1, -0.05) is 0 Å². The van der Waals surface area contributed by atoms with Gasteiger partial charge in [-0.25, -0.2) is 8.42 Å². The monoisotopic (exact) mass is 275 g/mol. The van der Waals surface area contributed by atoms with E-state index in [0.717, 1.165) is 6.54 Å². The van der Waals surface area contributed by atoms with E-state index in [-0.39, 0.29) is 23.5 Å². The maximum atomic E-state index is 12.1. The number of carbonyl (C=O) groups is 1. The van der Waals surface area contributed by atoms with E-state index >= 15 is 0 Å². The van der Waals surface area contributed by atoms with Crippen molar-refractivity contribution in [3.05, 3.63) is 0 Å². The molecule has 3 atom stereocenters. The summed E-state index contributed by atoms with van der Waals surface area (Å²) in [5, 5.41) is 9.26. The number of hydrogen-bond donors (Lipinski definition) is 3. The van der Waals surface area contributed by atoms with E-state index < -0.39 is 15.4 Å². The average molecular weight is 275 g/mol. The Balaban J connectivity index is 1.92. The Morgan fingerprint density at radius 3 is 2.56 bits per heavy atom. The summed E-state index contributed by atoms with van der Waals surface area (Å²) in [4.78, 5) is 12.1. The number of piperazine rings is 1. The lowest BCUT2D eigenvalue weighted by Crippen LogP contribution is -2.61. The minimum atomic E-state index is -2.99. The number of rotatable bonds is 2. The molecule has 0 saturated carbocycles. The predicted molar refractivity (Wildman–Crippen MR) is 69.1 cm³/mol. The first-order chi connectivity index (χ1) is 8.30. The van der Waals surface area contributed by atoms with Crippen LogP contribution in [0.3, 0.4) is 0 Å². The summed E-state index contributed by atoms with van der Waals surface area (Å²) in [6.45, 7) is 5.17. The Labute approximate surface area is 108 Å². The largest absolute Gasteiger partial charge is 0.348 e. The molecule has 2 rings (SSSR count). The fourth-order valence-corrected chi connectivity index (χ4v) is 4.55. The third kappa shape index (κ3) is 3.21. The lowest BCUT2D eigenvalue weighted by Gasteiger charge is -2.32. The third-order valence-corrected chi connectivity index (χ3v) is 5.49. The molecule has 6 nitrogen and oxygen atoms in total. The molecule has 0 spiro atoms. The van der Waals surface area contributed by atoms with E-state index in [9.17, 15) is 13.2 Å². The van der Waals surface area contributed by atoms with E-state index in [1.807, 2.05) is 6.92 Å². The van der Waals surface area contributed by atoms with Crippen LogP contribution in [0.15, 0.2) is 0 Å². The topological polar surface area (TPSA) is 87.3 Å². The molecule has 2 fully saturated rings. The van der Waals surface area contributed by atoms with Crippen molar-refractivity contribution in [2.24, 2.45) is 0 Å². The van der Waals surface area contributed by atoms with Gasteiger partial charge in [-0.15, -0.1) is 0 Å². The molecule has 2 aliphatic heterocycles. The molecule has 0 bridgehead atoms. The van der Waals surface area contributed by atoms with Crippen molar-refractivity contribution >= 4 is 15.7 Å². The van der Waals surface area contributed by atoms with Crippen LogP contribution in [0.1, 0.15) is 20.3 Å². The molecule has 0 aromatic carbocycles. The van der Waals surface area contributed by atoms with Gasteiger partial charge in [-0.2, -0.15) is 0 Å². The summed E-state index contributed by atoms with van der Waals surface area (Å²) >= 11 is 0. The van der Waals surface area contributed by atoms with E-state index in [1.54, 1.807) is 6.92 Å². The van der Waals surface area contributed by atoms with Crippen LogP contribution in [-0.2, 0) is 14.6 Å². The molecule has 0 aromatic heterocycles. The van der Waals surface area contributed by atoms with Gasteiger partial charge in [0.25, 0.3) is 0 Å². The van der Waals surface area contributed by atoms with Gasteiger partial charge < -0.3 is 16.0 Å². The summed E-state index contributed by atoms with van der Waals surface area (Å²) in [5.41, 5.74) is -0.610. The summed E-state index contributed by atoms with van der Waals surface area (Å²) in [5.74, 6) is 0.0911. The normalized spacial score (nSPS) is 39.4. The second-order valence-corrected chi connectivity index (χ2v) is 7.85. The van der Waals surface area contributed by atoms with Gasteiger partial charge in [-0.05, 0) is 20.3 Å². The number of nitrogens with one attached hydrogen (secondary N) is 3. The zero-order chi connectivity index (χ0) is 13.4. The first-order valence-corrected chi connectivity index (χ1v) is 8.11. The van der Waals surface area contributed by atoms with Crippen molar-refractivity contribution in [1.82, 2.24) is 16.0 Å². The fourth-order valence-electron chi connectivity index (χ4n) is 2.46. The highest BCUT2D eigenvalue weighted by Gasteiger charge is 2.40. The molecule has 104 valence electrons. The molecule has 3 unspecified atom stereocenters. The number of carbonyl (C=O) groups excluding carboxylic acids is 1. The number of amides is 1. The maximum Gasteiger partial charge on any atom is 0.238 e. The highest BCUT2D eigenvalue weighted by atomic mass is 32.2. The molecule has 2 aliphatic rings. The Morgan fingerprint density at radius 1 is 1.33 bits per heavy atom.